The number of benzene rings is 2. The van der Waals surface area contributed by atoms with Crippen molar-refractivity contribution >= 4 is 26.8 Å². The first-order valence-corrected chi connectivity index (χ1v) is 8.92. The van der Waals surface area contributed by atoms with E-state index in [2.05, 4.69) is 52.7 Å². The first kappa shape index (κ1) is 17.1. The lowest BCUT2D eigenvalue weighted by Gasteiger charge is -2.10. The molecular formula is C20H22BrNO2. The summed E-state index contributed by atoms with van der Waals surface area (Å²) in [7, 11) is 2.09. The molecule has 0 amide bonds. The second-order valence-electron chi connectivity index (χ2n) is 5.88. The van der Waals surface area contributed by atoms with Gasteiger partial charge in [0.25, 0.3) is 0 Å². The minimum absolute atomic E-state index is 0.522. The van der Waals surface area contributed by atoms with E-state index in [1.54, 1.807) is 0 Å². The summed E-state index contributed by atoms with van der Waals surface area (Å²) >= 11 is 3.45. The van der Waals surface area contributed by atoms with Gasteiger partial charge in [-0.05, 0) is 50.2 Å². The summed E-state index contributed by atoms with van der Waals surface area (Å²) < 4.78 is 15.0. The second kappa shape index (κ2) is 7.41. The fourth-order valence-corrected chi connectivity index (χ4v) is 3.18. The van der Waals surface area contributed by atoms with Crippen LogP contribution >= 0.6 is 15.9 Å². The van der Waals surface area contributed by atoms with E-state index in [-0.39, 0.29) is 0 Å². The summed E-state index contributed by atoms with van der Waals surface area (Å²) in [5, 5.41) is 1.25. The number of aromatic nitrogens is 1. The van der Waals surface area contributed by atoms with Crippen molar-refractivity contribution in [1.82, 2.24) is 4.57 Å². The monoisotopic (exact) mass is 387 g/mol. The lowest BCUT2D eigenvalue weighted by atomic mass is 10.1. The molecule has 126 valence electrons. The molecule has 1 heterocycles. The van der Waals surface area contributed by atoms with Gasteiger partial charge in [-0.3, -0.25) is 0 Å². The van der Waals surface area contributed by atoms with Crippen LogP contribution in [0.4, 0.5) is 0 Å². The fraction of sp³-hybridized carbons (Fsp3) is 0.300. The maximum atomic E-state index is 6.01. The van der Waals surface area contributed by atoms with Gasteiger partial charge in [0.15, 0.2) is 0 Å². The molecule has 24 heavy (non-hydrogen) atoms. The molecule has 0 bridgehead atoms. The summed E-state index contributed by atoms with van der Waals surface area (Å²) in [5.74, 6) is 0.863. The number of hydrogen-bond acceptors (Lipinski definition) is 2. The van der Waals surface area contributed by atoms with Gasteiger partial charge in [-0.15, -0.1) is 0 Å². The number of ether oxygens (including phenoxy) is 2. The van der Waals surface area contributed by atoms with Crippen molar-refractivity contribution in [3.8, 4) is 5.75 Å². The molecule has 0 atom stereocenters. The summed E-state index contributed by atoms with van der Waals surface area (Å²) in [6, 6.07) is 14.5. The van der Waals surface area contributed by atoms with Crippen LogP contribution < -0.4 is 4.74 Å². The predicted octanol–water partition coefficient (Wildman–Crippen LogP) is 5.36. The van der Waals surface area contributed by atoms with E-state index in [0.717, 1.165) is 15.9 Å². The third-order valence-electron chi connectivity index (χ3n) is 4.23. The van der Waals surface area contributed by atoms with Crippen LogP contribution in [0.15, 0.2) is 46.9 Å². The van der Waals surface area contributed by atoms with Crippen LogP contribution in [0.2, 0.25) is 0 Å². The molecule has 0 aliphatic heterocycles. The summed E-state index contributed by atoms with van der Waals surface area (Å²) in [6.45, 7) is 5.98. The lowest BCUT2D eigenvalue weighted by Crippen LogP contribution is -2.05. The largest absolute Gasteiger partial charge is 0.487 e. The van der Waals surface area contributed by atoms with Gasteiger partial charge in [0.05, 0.1) is 12.3 Å². The van der Waals surface area contributed by atoms with Crippen LogP contribution in [-0.4, -0.2) is 11.2 Å². The Morgan fingerprint density at radius 1 is 1.04 bits per heavy atom. The zero-order chi connectivity index (χ0) is 17.1. The van der Waals surface area contributed by atoms with Crippen LogP contribution in [0, 0.1) is 6.92 Å². The number of aryl methyl sites for hydroxylation is 2. The number of rotatable bonds is 6. The van der Waals surface area contributed by atoms with Gasteiger partial charge in [0.1, 0.15) is 12.4 Å². The Bertz CT molecular complexity index is 837. The maximum absolute atomic E-state index is 6.01. The third kappa shape index (κ3) is 3.50. The number of fused-ring (bicyclic) bond motifs is 1. The van der Waals surface area contributed by atoms with Gasteiger partial charge < -0.3 is 14.0 Å². The Kier molecular flexibility index (Phi) is 5.27. The lowest BCUT2D eigenvalue weighted by molar-refractivity contribution is 0.133. The van der Waals surface area contributed by atoms with Gasteiger partial charge in [-0.25, -0.2) is 0 Å². The van der Waals surface area contributed by atoms with Gasteiger partial charge in [0.2, 0.25) is 0 Å². The van der Waals surface area contributed by atoms with Crippen LogP contribution in [-0.2, 0) is 25.0 Å². The highest BCUT2D eigenvalue weighted by Gasteiger charge is 2.16. The zero-order valence-corrected chi connectivity index (χ0v) is 15.9. The van der Waals surface area contributed by atoms with Crippen molar-refractivity contribution in [3.05, 3.63) is 63.8 Å². The Morgan fingerprint density at radius 2 is 1.79 bits per heavy atom. The Morgan fingerprint density at radius 3 is 2.50 bits per heavy atom. The van der Waals surface area contributed by atoms with Gasteiger partial charge in [-0.2, -0.15) is 0 Å². The minimum atomic E-state index is 0.522. The highest BCUT2D eigenvalue weighted by Crippen LogP contribution is 2.28. The third-order valence-corrected chi connectivity index (χ3v) is 4.76. The molecule has 0 fully saturated rings. The highest BCUT2D eigenvalue weighted by molar-refractivity contribution is 9.10. The van der Waals surface area contributed by atoms with Gasteiger partial charge >= 0.3 is 0 Å². The molecule has 0 unspecified atom stereocenters. The Hall–Kier alpha value is -1.78. The SMILES string of the molecule is CCOCc1c(COc2ccc(Br)cc2)n(C)c2ccc(C)cc12. The van der Waals surface area contributed by atoms with E-state index in [1.807, 2.05) is 31.2 Å². The average Bonchev–Trinajstić information content (AvgIpc) is 2.83. The van der Waals surface area contributed by atoms with E-state index in [1.165, 1.54) is 22.0 Å². The van der Waals surface area contributed by atoms with E-state index in [9.17, 15) is 0 Å². The van der Waals surface area contributed by atoms with Crippen LogP contribution in [0.3, 0.4) is 0 Å². The molecule has 0 spiro atoms. The van der Waals surface area contributed by atoms with E-state index in [0.29, 0.717) is 19.8 Å². The standard InChI is InChI=1S/C20H22BrNO2/c1-4-23-12-18-17-11-14(2)5-10-19(17)22(3)20(18)13-24-16-8-6-15(21)7-9-16/h5-11H,4,12-13H2,1-3H3. The van der Waals surface area contributed by atoms with Crippen molar-refractivity contribution in [2.75, 3.05) is 6.61 Å². The molecule has 0 radical (unpaired) electrons. The topological polar surface area (TPSA) is 23.4 Å². The minimum Gasteiger partial charge on any atom is -0.487 e. The normalized spacial score (nSPS) is 11.2. The van der Waals surface area contributed by atoms with Crippen LogP contribution in [0.1, 0.15) is 23.7 Å². The molecular weight excluding hydrogens is 366 g/mol. The van der Waals surface area contributed by atoms with E-state index in [4.69, 9.17) is 9.47 Å². The van der Waals surface area contributed by atoms with Crippen molar-refractivity contribution < 1.29 is 9.47 Å². The summed E-state index contributed by atoms with van der Waals surface area (Å²) in [4.78, 5) is 0. The van der Waals surface area contributed by atoms with E-state index < -0.39 is 0 Å². The van der Waals surface area contributed by atoms with Crippen molar-refractivity contribution in [2.24, 2.45) is 7.05 Å². The van der Waals surface area contributed by atoms with Crippen LogP contribution in [0.5, 0.6) is 5.75 Å². The number of nitrogens with zero attached hydrogens (tertiary/aromatic N) is 1. The molecule has 0 saturated heterocycles. The molecule has 3 rings (SSSR count). The average molecular weight is 388 g/mol. The van der Waals surface area contributed by atoms with Crippen molar-refractivity contribution in [3.63, 3.8) is 0 Å². The molecule has 0 N–H and O–H groups in total. The fourth-order valence-electron chi connectivity index (χ4n) is 2.92. The first-order chi connectivity index (χ1) is 11.6. The highest BCUT2D eigenvalue weighted by atomic mass is 79.9. The summed E-state index contributed by atoms with van der Waals surface area (Å²) in [6.07, 6.45) is 0. The van der Waals surface area contributed by atoms with Crippen molar-refractivity contribution in [1.29, 1.82) is 0 Å². The quantitative estimate of drug-likeness (QED) is 0.567. The smallest absolute Gasteiger partial charge is 0.129 e. The van der Waals surface area contributed by atoms with Crippen molar-refractivity contribution in [2.45, 2.75) is 27.1 Å². The molecule has 0 aliphatic rings. The number of halogens is 1. The predicted molar refractivity (Wildman–Crippen MR) is 101 cm³/mol. The zero-order valence-electron chi connectivity index (χ0n) is 14.3. The molecule has 1 aromatic heterocycles. The molecule has 0 aliphatic carbocycles. The Labute approximate surface area is 151 Å². The number of hydrogen-bond donors (Lipinski definition) is 0. The molecule has 2 aromatic carbocycles. The second-order valence-corrected chi connectivity index (χ2v) is 6.80. The maximum Gasteiger partial charge on any atom is 0.129 e. The first-order valence-electron chi connectivity index (χ1n) is 8.13. The van der Waals surface area contributed by atoms with Gasteiger partial charge in [0, 0.05) is 34.6 Å². The molecule has 3 nitrogen and oxygen atoms in total. The van der Waals surface area contributed by atoms with E-state index >= 15 is 0 Å². The molecule has 3 aromatic rings. The van der Waals surface area contributed by atoms with Gasteiger partial charge in [-0.1, -0.05) is 27.6 Å². The molecule has 0 saturated carbocycles. The summed E-state index contributed by atoms with van der Waals surface area (Å²) in [5.41, 5.74) is 4.85. The Balaban J connectivity index is 1.95. The van der Waals surface area contributed by atoms with Crippen LogP contribution in [0.25, 0.3) is 10.9 Å². The molecule has 4 heteroatoms.